The van der Waals surface area contributed by atoms with Crippen LogP contribution in [-0.2, 0) is 16.1 Å². The highest BCUT2D eigenvalue weighted by atomic mass is 19.1. The zero-order valence-electron chi connectivity index (χ0n) is 21.6. The van der Waals surface area contributed by atoms with Crippen molar-refractivity contribution in [2.45, 2.75) is 13.5 Å². The van der Waals surface area contributed by atoms with Gasteiger partial charge in [0.1, 0.15) is 36.3 Å². The van der Waals surface area contributed by atoms with Crippen LogP contribution in [0.2, 0.25) is 0 Å². The van der Waals surface area contributed by atoms with E-state index < -0.39 is 17.6 Å². The summed E-state index contributed by atoms with van der Waals surface area (Å²) in [7, 11) is 1.51. The van der Waals surface area contributed by atoms with Gasteiger partial charge in [-0.25, -0.2) is 18.7 Å². The van der Waals surface area contributed by atoms with E-state index >= 15 is 8.78 Å². The molecule has 0 bridgehead atoms. The molecular formula is C28H24F2N6O4. The Morgan fingerprint density at radius 1 is 1.05 bits per heavy atom. The van der Waals surface area contributed by atoms with Gasteiger partial charge in [0.2, 0.25) is 0 Å². The number of methoxy groups -OCH3 is 1. The highest BCUT2D eigenvalue weighted by molar-refractivity contribution is 5.92. The zero-order chi connectivity index (χ0) is 28.1. The number of benzene rings is 2. The smallest absolute Gasteiger partial charge is 0.302 e. The largest absolute Gasteiger partial charge is 0.491 e. The van der Waals surface area contributed by atoms with Crippen LogP contribution in [0.5, 0.6) is 11.5 Å². The Labute approximate surface area is 227 Å². The van der Waals surface area contributed by atoms with E-state index in [-0.39, 0.29) is 31.1 Å². The van der Waals surface area contributed by atoms with E-state index in [0.717, 1.165) is 17.8 Å². The molecule has 0 saturated heterocycles. The van der Waals surface area contributed by atoms with Crippen LogP contribution in [0.3, 0.4) is 0 Å². The summed E-state index contributed by atoms with van der Waals surface area (Å²) >= 11 is 0. The van der Waals surface area contributed by atoms with Gasteiger partial charge in [-0.3, -0.25) is 14.5 Å². The second-order valence-electron chi connectivity index (χ2n) is 8.55. The van der Waals surface area contributed by atoms with E-state index in [4.69, 9.17) is 14.2 Å². The molecule has 0 saturated carbocycles. The van der Waals surface area contributed by atoms with Crippen molar-refractivity contribution in [3.05, 3.63) is 84.3 Å². The van der Waals surface area contributed by atoms with E-state index in [1.54, 1.807) is 30.6 Å². The number of rotatable bonds is 10. The van der Waals surface area contributed by atoms with Gasteiger partial charge in [-0.05, 0) is 18.2 Å². The van der Waals surface area contributed by atoms with Gasteiger partial charge in [-0.1, -0.05) is 18.2 Å². The molecule has 0 spiro atoms. The SMILES string of the molecule is COc1cnc(-c2nn(Cc3c(F)cc(OCCOC(C)=O)cc3F)c3ccccc23)nc1Nc1ccncc1. The van der Waals surface area contributed by atoms with Gasteiger partial charge in [-0.15, -0.1) is 0 Å². The second kappa shape index (κ2) is 11.7. The van der Waals surface area contributed by atoms with Gasteiger partial charge in [0, 0.05) is 48.1 Å². The number of nitrogens with zero attached hydrogens (tertiary/aromatic N) is 5. The van der Waals surface area contributed by atoms with Crippen LogP contribution in [0.25, 0.3) is 22.4 Å². The van der Waals surface area contributed by atoms with Crippen LogP contribution in [0, 0.1) is 11.6 Å². The first kappa shape index (κ1) is 26.5. The number of halogens is 2. The third-order valence-corrected chi connectivity index (χ3v) is 5.87. The number of para-hydroxylation sites is 1. The molecule has 0 aliphatic carbocycles. The minimum atomic E-state index is -0.798. The Morgan fingerprint density at radius 2 is 1.80 bits per heavy atom. The molecule has 1 N–H and O–H groups in total. The summed E-state index contributed by atoms with van der Waals surface area (Å²) in [6, 6.07) is 13.0. The van der Waals surface area contributed by atoms with Gasteiger partial charge in [0.05, 0.1) is 25.4 Å². The molecule has 0 amide bonds. The van der Waals surface area contributed by atoms with Crippen LogP contribution in [-0.4, -0.2) is 51.0 Å². The fraction of sp³-hybridized carbons (Fsp3) is 0.179. The van der Waals surface area contributed by atoms with Crippen molar-refractivity contribution in [1.82, 2.24) is 24.7 Å². The van der Waals surface area contributed by atoms with E-state index in [9.17, 15) is 4.79 Å². The van der Waals surface area contributed by atoms with Gasteiger partial charge in [0.25, 0.3) is 0 Å². The maximum Gasteiger partial charge on any atom is 0.302 e. The molecule has 0 radical (unpaired) electrons. The molecule has 2 aromatic carbocycles. The fourth-order valence-electron chi connectivity index (χ4n) is 4.02. The van der Waals surface area contributed by atoms with E-state index in [0.29, 0.717) is 34.0 Å². The number of nitrogens with one attached hydrogen (secondary N) is 1. The van der Waals surface area contributed by atoms with Crippen LogP contribution in [0.1, 0.15) is 12.5 Å². The highest BCUT2D eigenvalue weighted by Crippen LogP contribution is 2.31. The van der Waals surface area contributed by atoms with Gasteiger partial charge < -0.3 is 19.5 Å². The van der Waals surface area contributed by atoms with Crippen LogP contribution < -0.4 is 14.8 Å². The second-order valence-corrected chi connectivity index (χ2v) is 8.55. The Balaban J connectivity index is 1.46. The van der Waals surface area contributed by atoms with Crippen molar-refractivity contribution in [3.8, 4) is 23.0 Å². The van der Waals surface area contributed by atoms with Crippen LogP contribution in [0.15, 0.2) is 67.1 Å². The van der Waals surface area contributed by atoms with E-state index in [1.165, 1.54) is 24.9 Å². The third kappa shape index (κ3) is 5.80. The predicted octanol–water partition coefficient (Wildman–Crippen LogP) is 4.91. The van der Waals surface area contributed by atoms with Crippen molar-refractivity contribution in [2.75, 3.05) is 25.6 Å². The van der Waals surface area contributed by atoms with Crippen molar-refractivity contribution < 1.29 is 27.8 Å². The van der Waals surface area contributed by atoms with Crippen molar-refractivity contribution in [2.24, 2.45) is 0 Å². The Bertz CT molecular complexity index is 1640. The molecule has 3 heterocycles. The molecular weight excluding hydrogens is 522 g/mol. The number of carbonyl (C=O) groups is 1. The summed E-state index contributed by atoms with van der Waals surface area (Å²) < 4.78 is 47.0. The molecule has 12 heteroatoms. The lowest BCUT2D eigenvalue weighted by Gasteiger charge is -2.11. The minimum Gasteiger partial charge on any atom is -0.491 e. The van der Waals surface area contributed by atoms with Gasteiger partial charge >= 0.3 is 5.97 Å². The molecule has 0 aliphatic heterocycles. The standard InChI is InChI=1S/C28H24F2N6O4/c1-17(37)39-11-12-40-19-13-22(29)21(23(30)14-19)16-36-24-6-4-3-5-20(24)26(35-36)28-32-15-25(38-2)27(34-28)33-18-7-9-31-10-8-18/h3-10,13-15H,11-12,16H2,1-2H3,(H,31,32,33,34). The monoisotopic (exact) mass is 546 g/mol. The first-order valence-corrected chi connectivity index (χ1v) is 12.2. The number of ether oxygens (including phenoxy) is 3. The van der Waals surface area contributed by atoms with Crippen molar-refractivity contribution >= 4 is 28.4 Å². The van der Waals surface area contributed by atoms with Crippen molar-refractivity contribution in [1.29, 1.82) is 0 Å². The predicted molar refractivity (Wildman–Crippen MR) is 142 cm³/mol. The Hall–Kier alpha value is -5.13. The number of anilines is 2. The average molecular weight is 547 g/mol. The zero-order valence-corrected chi connectivity index (χ0v) is 21.6. The number of carbonyl (C=O) groups excluding carboxylic acids is 1. The fourth-order valence-corrected chi connectivity index (χ4v) is 4.02. The Kier molecular flexibility index (Phi) is 7.76. The molecule has 204 valence electrons. The first-order chi connectivity index (χ1) is 19.4. The molecule has 5 rings (SSSR count). The quantitative estimate of drug-likeness (QED) is 0.193. The molecule has 40 heavy (non-hydrogen) atoms. The van der Waals surface area contributed by atoms with E-state index in [2.05, 4.69) is 25.4 Å². The number of pyridine rings is 1. The van der Waals surface area contributed by atoms with Crippen molar-refractivity contribution in [3.63, 3.8) is 0 Å². The molecule has 10 nitrogen and oxygen atoms in total. The summed E-state index contributed by atoms with van der Waals surface area (Å²) in [5.41, 5.74) is 1.63. The molecule has 0 aliphatic rings. The lowest BCUT2D eigenvalue weighted by Crippen LogP contribution is -2.11. The lowest BCUT2D eigenvalue weighted by atomic mass is 10.1. The van der Waals surface area contributed by atoms with Gasteiger partial charge in [0.15, 0.2) is 17.4 Å². The summed E-state index contributed by atoms with van der Waals surface area (Å²) in [6.45, 7) is 1.00. The van der Waals surface area contributed by atoms with Crippen LogP contribution in [0.4, 0.5) is 20.3 Å². The molecule has 0 atom stereocenters. The normalized spacial score (nSPS) is 10.9. The first-order valence-electron chi connectivity index (χ1n) is 12.2. The average Bonchev–Trinajstić information content (AvgIpc) is 3.32. The topological polar surface area (TPSA) is 113 Å². The number of fused-ring (bicyclic) bond motifs is 1. The maximum atomic E-state index is 15.0. The van der Waals surface area contributed by atoms with E-state index in [1.807, 2.05) is 18.2 Å². The highest BCUT2D eigenvalue weighted by Gasteiger charge is 2.20. The molecule has 5 aromatic rings. The number of aromatic nitrogens is 5. The summed E-state index contributed by atoms with van der Waals surface area (Å²) in [5.74, 6) is -0.949. The molecule has 3 aromatic heterocycles. The molecule has 0 unspecified atom stereocenters. The number of hydrogen-bond acceptors (Lipinski definition) is 9. The summed E-state index contributed by atoms with van der Waals surface area (Å²) in [6.07, 6.45) is 4.82. The third-order valence-electron chi connectivity index (χ3n) is 5.87. The lowest BCUT2D eigenvalue weighted by molar-refractivity contribution is -0.141. The summed E-state index contributed by atoms with van der Waals surface area (Å²) in [4.78, 5) is 23.9. The van der Waals surface area contributed by atoms with Gasteiger partial charge in [-0.2, -0.15) is 5.10 Å². The maximum absolute atomic E-state index is 15.0. The molecule has 0 fully saturated rings. The van der Waals surface area contributed by atoms with Crippen LogP contribution >= 0.6 is 0 Å². The number of hydrogen-bond donors (Lipinski definition) is 1. The summed E-state index contributed by atoms with van der Waals surface area (Å²) in [5, 5.41) is 8.53. The Morgan fingerprint density at radius 3 is 2.52 bits per heavy atom. The number of esters is 1. The minimum absolute atomic E-state index is 0.0159.